The van der Waals surface area contributed by atoms with Crippen molar-refractivity contribution in [1.29, 1.82) is 0 Å². The highest BCUT2D eigenvalue weighted by atomic mass is 19.4. The Morgan fingerprint density at radius 1 is 1.46 bits per heavy atom. The zero-order valence-corrected chi connectivity index (χ0v) is 6.80. The predicted octanol–water partition coefficient (Wildman–Crippen LogP) is 2.26. The van der Waals surface area contributed by atoms with E-state index in [1.165, 1.54) is 19.4 Å². The number of aromatic nitrogens is 1. The van der Waals surface area contributed by atoms with Crippen LogP contribution in [-0.4, -0.2) is 12.1 Å². The molecule has 0 fully saturated rings. The number of nitrogens with zero attached hydrogens (tertiary/aromatic N) is 1. The van der Waals surface area contributed by atoms with E-state index < -0.39 is 11.7 Å². The first-order valence-electron chi connectivity index (χ1n) is 3.44. The van der Waals surface area contributed by atoms with E-state index in [2.05, 4.69) is 9.72 Å². The third-order valence-corrected chi connectivity index (χ3v) is 1.37. The SMILES string of the molecule is CO[CH]c1ncccc1C(F)(F)F. The molecule has 71 valence electrons. The third kappa shape index (κ3) is 2.42. The first-order valence-corrected chi connectivity index (χ1v) is 3.44. The highest BCUT2D eigenvalue weighted by Gasteiger charge is 2.33. The van der Waals surface area contributed by atoms with Gasteiger partial charge in [0.25, 0.3) is 0 Å². The molecule has 1 radical (unpaired) electrons. The Morgan fingerprint density at radius 3 is 2.69 bits per heavy atom. The van der Waals surface area contributed by atoms with Gasteiger partial charge in [0.2, 0.25) is 0 Å². The minimum Gasteiger partial charge on any atom is -0.372 e. The van der Waals surface area contributed by atoms with Gasteiger partial charge >= 0.3 is 6.18 Å². The van der Waals surface area contributed by atoms with Crippen LogP contribution < -0.4 is 0 Å². The van der Waals surface area contributed by atoms with Crippen LogP contribution in [0.4, 0.5) is 13.2 Å². The molecule has 1 heterocycles. The van der Waals surface area contributed by atoms with E-state index in [9.17, 15) is 13.2 Å². The van der Waals surface area contributed by atoms with Crippen LogP contribution >= 0.6 is 0 Å². The summed E-state index contributed by atoms with van der Waals surface area (Å²) < 4.78 is 41.2. The quantitative estimate of drug-likeness (QED) is 0.713. The van der Waals surface area contributed by atoms with Gasteiger partial charge in [-0.3, -0.25) is 4.98 Å². The van der Waals surface area contributed by atoms with Crippen LogP contribution in [0.3, 0.4) is 0 Å². The summed E-state index contributed by atoms with van der Waals surface area (Å²) in [5, 5.41) is 0. The number of hydrogen-bond acceptors (Lipinski definition) is 2. The van der Waals surface area contributed by atoms with Crippen molar-refractivity contribution in [3.05, 3.63) is 36.2 Å². The number of pyridine rings is 1. The zero-order chi connectivity index (χ0) is 9.90. The van der Waals surface area contributed by atoms with E-state index in [0.717, 1.165) is 12.7 Å². The molecule has 1 rings (SSSR count). The van der Waals surface area contributed by atoms with Crippen molar-refractivity contribution in [3.63, 3.8) is 0 Å². The largest absolute Gasteiger partial charge is 0.418 e. The van der Waals surface area contributed by atoms with Gasteiger partial charge < -0.3 is 4.74 Å². The van der Waals surface area contributed by atoms with Crippen LogP contribution in [0.5, 0.6) is 0 Å². The summed E-state index contributed by atoms with van der Waals surface area (Å²) in [5.41, 5.74) is -1.01. The molecule has 0 saturated heterocycles. The van der Waals surface area contributed by atoms with E-state index in [1.807, 2.05) is 0 Å². The van der Waals surface area contributed by atoms with Crippen LogP contribution in [-0.2, 0) is 10.9 Å². The molecular formula is C8H7F3NO. The number of alkyl halides is 3. The summed E-state index contributed by atoms with van der Waals surface area (Å²) in [5.74, 6) is 0. The number of rotatable bonds is 2. The van der Waals surface area contributed by atoms with E-state index >= 15 is 0 Å². The molecule has 1 aromatic heterocycles. The summed E-state index contributed by atoms with van der Waals surface area (Å²) in [7, 11) is 1.27. The maximum Gasteiger partial charge on any atom is 0.418 e. The van der Waals surface area contributed by atoms with Gasteiger partial charge in [-0.15, -0.1) is 0 Å². The topological polar surface area (TPSA) is 22.1 Å². The Kier molecular flexibility index (Phi) is 2.87. The van der Waals surface area contributed by atoms with E-state index in [4.69, 9.17) is 0 Å². The molecule has 0 aliphatic carbocycles. The fourth-order valence-corrected chi connectivity index (χ4v) is 0.863. The van der Waals surface area contributed by atoms with Gasteiger partial charge in [-0.2, -0.15) is 13.2 Å². The monoisotopic (exact) mass is 190 g/mol. The zero-order valence-electron chi connectivity index (χ0n) is 6.80. The van der Waals surface area contributed by atoms with Gasteiger partial charge in [0.1, 0.15) is 6.61 Å². The molecule has 5 heteroatoms. The molecule has 2 nitrogen and oxygen atoms in total. The number of methoxy groups -OCH3 is 1. The lowest BCUT2D eigenvalue weighted by Gasteiger charge is -2.09. The Balaban J connectivity index is 3.05. The second-order valence-corrected chi connectivity index (χ2v) is 2.29. The van der Waals surface area contributed by atoms with Crippen molar-refractivity contribution in [3.8, 4) is 0 Å². The highest BCUT2D eigenvalue weighted by Crippen LogP contribution is 2.31. The lowest BCUT2D eigenvalue weighted by Crippen LogP contribution is -2.10. The van der Waals surface area contributed by atoms with Crippen LogP contribution in [0, 0.1) is 6.61 Å². The first-order chi connectivity index (χ1) is 6.05. The minimum atomic E-state index is -4.39. The molecule has 0 aliphatic heterocycles. The summed E-state index contributed by atoms with van der Waals surface area (Å²) in [6, 6.07) is 2.19. The molecule has 0 aliphatic rings. The molecule has 0 bridgehead atoms. The third-order valence-electron chi connectivity index (χ3n) is 1.37. The summed E-state index contributed by atoms with van der Waals surface area (Å²) in [6.07, 6.45) is -3.11. The number of ether oxygens (including phenoxy) is 1. The Labute approximate surface area is 73.4 Å². The normalized spacial score (nSPS) is 11.7. The molecule has 0 saturated carbocycles. The molecule has 0 aromatic carbocycles. The van der Waals surface area contributed by atoms with E-state index in [0.29, 0.717) is 0 Å². The van der Waals surface area contributed by atoms with E-state index in [-0.39, 0.29) is 5.69 Å². The van der Waals surface area contributed by atoms with Gasteiger partial charge in [-0.25, -0.2) is 0 Å². The molecule has 1 aromatic rings. The van der Waals surface area contributed by atoms with Crippen LogP contribution in [0.15, 0.2) is 18.3 Å². The van der Waals surface area contributed by atoms with Crippen LogP contribution in [0.2, 0.25) is 0 Å². The minimum absolute atomic E-state index is 0.211. The average molecular weight is 190 g/mol. The highest BCUT2D eigenvalue weighted by molar-refractivity contribution is 5.26. The molecule has 13 heavy (non-hydrogen) atoms. The van der Waals surface area contributed by atoms with Crippen molar-refractivity contribution in [1.82, 2.24) is 4.98 Å². The van der Waals surface area contributed by atoms with Gasteiger partial charge in [0.15, 0.2) is 0 Å². The van der Waals surface area contributed by atoms with Crippen molar-refractivity contribution in [2.24, 2.45) is 0 Å². The molecular weight excluding hydrogens is 183 g/mol. The Hall–Kier alpha value is -1.10. The second kappa shape index (κ2) is 3.74. The molecule has 0 N–H and O–H groups in total. The lowest BCUT2D eigenvalue weighted by molar-refractivity contribution is -0.138. The van der Waals surface area contributed by atoms with Crippen molar-refractivity contribution in [2.45, 2.75) is 6.18 Å². The van der Waals surface area contributed by atoms with Gasteiger partial charge in [0.05, 0.1) is 11.3 Å². The van der Waals surface area contributed by atoms with Gasteiger partial charge in [-0.05, 0) is 12.1 Å². The van der Waals surface area contributed by atoms with Crippen molar-refractivity contribution < 1.29 is 17.9 Å². The van der Waals surface area contributed by atoms with Crippen molar-refractivity contribution >= 4 is 0 Å². The molecule has 0 unspecified atom stereocenters. The standard InChI is InChI=1S/C8H7F3NO/c1-13-5-7-6(8(9,10)11)3-2-4-12-7/h2-5H,1H3. The molecule has 0 spiro atoms. The maximum absolute atomic E-state index is 12.3. The lowest BCUT2D eigenvalue weighted by atomic mass is 10.2. The first kappa shape index (κ1) is 9.98. The predicted molar refractivity (Wildman–Crippen MR) is 39.7 cm³/mol. The molecule has 0 atom stereocenters. The fourth-order valence-electron chi connectivity index (χ4n) is 0.863. The number of hydrogen-bond donors (Lipinski definition) is 0. The Morgan fingerprint density at radius 2 is 2.15 bits per heavy atom. The smallest absolute Gasteiger partial charge is 0.372 e. The fraction of sp³-hybridized carbons (Fsp3) is 0.250. The second-order valence-electron chi connectivity index (χ2n) is 2.29. The van der Waals surface area contributed by atoms with Gasteiger partial charge in [-0.1, -0.05) is 0 Å². The van der Waals surface area contributed by atoms with Crippen LogP contribution in [0.25, 0.3) is 0 Å². The number of halogens is 3. The average Bonchev–Trinajstić information content (AvgIpc) is 2.04. The Bertz CT molecular complexity index is 285. The summed E-state index contributed by atoms with van der Waals surface area (Å²) in [6.45, 7) is 0.961. The summed E-state index contributed by atoms with van der Waals surface area (Å²) in [4.78, 5) is 3.53. The van der Waals surface area contributed by atoms with Crippen molar-refractivity contribution in [2.75, 3.05) is 7.11 Å². The van der Waals surface area contributed by atoms with Gasteiger partial charge in [0, 0.05) is 13.3 Å². The molecule has 0 amide bonds. The summed E-state index contributed by atoms with van der Waals surface area (Å²) >= 11 is 0. The van der Waals surface area contributed by atoms with Crippen LogP contribution in [0.1, 0.15) is 11.3 Å². The maximum atomic E-state index is 12.3. The van der Waals surface area contributed by atoms with E-state index in [1.54, 1.807) is 0 Å².